The summed E-state index contributed by atoms with van der Waals surface area (Å²) in [4.78, 5) is 1.72. The summed E-state index contributed by atoms with van der Waals surface area (Å²) in [6.45, 7) is -0.352. The van der Waals surface area contributed by atoms with Crippen LogP contribution >= 0.6 is 15.9 Å². The Kier molecular flexibility index (Phi) is 13.5. The maximum absolute atomic E-state index is 8.92. The molecular formula is C16H17BrO2. The molecule has 1 atom stereocenters. The monoisotopic (exact) mass is 320 g/mol. The molecule has 100 valence electrons. The van der Waals surface area contributed by atoms with Crippen LogP contribution in [0.1, 0.15) is 25.7 Å². The Labute approximate surface area is 123 Å². The van der Waals surface area contributed by atoms with Crippen molar-refractivity contribution in [1.82, 2.24) is 0 Å². The van der Waals surface area contributed by atoms with Crippen molar-refractivity contribution in [3.63, 3.8) is 0 Å². The minimum absolute atomic E-state index is 0.352. The van der Waals surface area contributed by atoms with Gasteiger partial charge in [-0.25, -0.2) is 0 Å². The Hall–Kier alpha value is -1.44. The summed E-state index contributed by atoms with van der Waals surface area (Å²) in [5.41, 5.74) is 0. The van der Waals surface area contributed by atoms with Crippen molar-refractivity contribution in [1.29, 1.82) is 0 Å². The molecule has 0 saturated heterocycles. The normalized spacial score (nSPS) is 11.1. The van der Waals surface area contributed by atoms with E-state index in [-0.39, 0.29) is 6.61 Å². The Bertz CT molecular complexity index is 458. The highest BCUT2D eigenvalue weighted by atomic mass is 79.9. The number of hydrogen-bond donors (Lipinski definition) is 2. The predicted octanol–water partition coefficient (Wildman–Crippen LogP) is 2.38. The molecule has 0 fully saturated rings. The second kappa shape index (κ2) is 14.6. The fourth-order valence-electron chi connectivity index (χ4n) is 1.02. The van der Waals surface area contributed by atoms with Gasteiger partial charge in [-0.3, -0.25) is 0 Å². The van der Waals surface area contributed by atoms with Crippen LogP contribution < -0.4 is 0 Å². The van der Waals surface area contributed by atoms with Crippen molar-refractivity contribution in [2.24, 2.45) is 0 Å². The summed E-state index contributed by atoms with van der Waals surface area (Å²) in [6, 6.07) is 0. The lowest BCUT2D eigenvalue weighted by Crippen LogP contribution is -2.07. The van der Waals surface area contributed by atoms with Crippen LogP contribution in [0.5, 0.6) is 0 Å². The van der Waals surface area contributed by atoms with E-state index in [0.717, 1.165) is 25.7 Å². The molecule has 0 rings (SSSR count). The minimum atomic E-state index is -0.986. The molecule has 2 N–H and O–H groups in total. The number of rotatable bonds is 5. The summed E-state index contributed by atoms with van der Waals surface area (Å²) in [5, 5.41) is 17.4. The number of halogens is 1. The lowest BCUT2D eigenvalue weighted by atomic mass is 10.2. The molecule has 0 aliphatic carbocycles. The predicted molar refractivity (Wildman–Crippen MR) is 82.1 cm³/mol. The van der Waals surface area contributed by atoms with E-state index >= 15 is 0 Å². The molecule has 2 nitrogen and oxygen atoms in total. The molecule has 0 aliphatic heterocycles. The fraction of sp³-hybridized carbons (Fsp3) is 0.375. The Morgan fingerprint density at radius 1 is 1.11 bits per heavy atom. The molecule has 0 heterocycles. The molecule has 19 heavy (non-hydrogen) atoms. The van der Waals surface area contributed by atoms with Gasteiger partial charge in [0.15, 0.2) is 0 Å². The highest BCUT2D eigenvalue weighted by Gasteiger charge is 1.90. The van der Waals surface area contributed by atoms with Crippen LogP contribution in [0.15, 0.2) is 23.2 Å². The van der Waals surface area contributed by atoms with Crippen LogP contribution in [0, 0.1) is 35.5 Å². The van der Waals surface area contributed by atoms with Crippen molar-refractivity contribution >= 4 is 15.9 Å². The van der Waals surface area contributed by atoms with Crippen LogP contribution in [-0.2, 0) is 0 Å². The highest BCUT2D eigenvalue weighted by Crippen LogP contribution is 1.99. The summed E-state index contributed by atoms with van der Waals surface area (Å²) in [5.74, 6) is 16.2. The topological polar surface area (TPSA) is 40.5 Å². The van der Waals surface area contributed by atoms with Gasteiger partial charge in [-0.05, 0) is 48.2 Å². The largest absolute Gasteiger partial charge is 0.393 e. The number of unbranched alkanes of at least 4 members (excludes halogenated alkanes) is 3. The van der Waals surface area contributed by atoms with Gasteiger partial charge in [0.1, 0.15) is 6.10 Å². The van der Waals surface area contributed by atoms with Crippen molar-refractivity contribution < 1.29 is 10.2 Å². The number of aliphatic hydroxyl groups is 2. The van der Waals surface area contributed by atoms with Gasteiger partial charge >= 0.3 is 0 Å². The zero-order valence-corrected chi connectivity index (χ0v) is 12.3. The molecule has 0 bridgehead atoms. The molecule has 0 aromatic heterocycles. The number of hydrogen-bond acceptors (Lipinski definition) is 2. The lowest BCUT2D eigenvalue weighted by Gasteiger charge is -1.91. The van der Waals surface area contributed by atoms with Gasteiger partial charge in [0.2, 0.25) is 0 Å². The lowest BCUT2D eigenvalue weighted by molar-refractivity contribution is 0.138. The van der Waals surface area contributed by atoms with Gasteiger partial charge < -0.3 is 10.2 Å². The van der Waals surface area contributed by atoms with Gasteiger partial charge in [-0.15, -0.1) is 0 Å². The van der Waals surface area contributed by atoms with Crippen molar-refractivity contribution in [2.45, 2.75) is 31.8 Å². The fourth-order valence-corrected chi connectivity index (χ4v) is 1.15. The van der Waals surface area contributed by atoms with E-state index in [1.54, 1.807) is 11.1 Å². The minimum Gasteiger partial charge on any atom is -0.393 e. The third kappa shape index (κ3) is 14.5. The van der Waals surface area contributed by atoms with Gasteiger partial charge in [-0.1, -0.05) is 45.7 Å². The Morgan fingerprint density at radius 2 is 1.89 bits per heavy atom. The van der Waals surface area contributed by atoms with E-state index in [4.69, 9.17) is 10.2 Å². The van der Waals surface area contributed by atoms with Gasteiger partial charge in [-0.2, -0.15) is 0 Å². The third-order valence-electron chi connectivity index (χ3n) is 1.92. The van der Waals surface area contributed by atoms with E-state index in [0.29, 0.717) is 0 Å². The van der Waals surface area contributed by atoms with Crippen LogP contribution in [0.25, 0.3) is 0 Å². The number of allylic oxidation sites excluding steroid dienone is 3. The number of aliphatic hydroxyl groups excluding tert-OH is 2. The van der Waals surface area contributed by atoms with Crippen molar-refractivity contribution in [3.8, 4) is 35.5 Å². The second-order valence-electron chi connectivity index (χ2n) is 3.50. The average molecular weight is 321 g/mol. The second-order valence-corrected chi connectivity index (χ2v) is 4.03. The Balaban J connectivity index is 3.58. The maximum atomic E-state index is 8.92. The van der Waals surface area contributed by atoms with E-state index in [9.17, 15) is 0 Å². The molecular weight excluding hydrogens is 304 g/mol. The van der Waals surface area contributed by atoms with Crippen LogP contribution in [0.3, 0.4) is 0 Å². The Morgan fingerprint density at radius 3 is 2.63 bits per heavy atom. The van der Waals surface area contributed by atoms with E-state index in [1.165, 1.54) is 0 Å². The zero-order chi connectivity index (χ0) is 14.2. The van der Waals surface area contributed by atoms with Crippen LogP contribution in [-0.4, -0.2) is 22.9 Å². The van der Waals surface area contributed by atoms with Gasteiger partial charge in [0.25, 0.3) is 0 Å². The van der Waals surface area contributed by atoms with E-state index < -0.39 is 6.10 Å². The molecule has 0 spiro atoms. The molecule has 0 aromatic carbocycles. The quantitative estimate of drug-likeness (QED) is 0.603. The maximum Gasteiger partial charge on any atom is 0.138 e. The first-order chi connectivity index (χ1) is 9.31. The first kappa shape index (κ1) is 17.6. The summed E-state index contributed by atoms with van der Waals surface area (Å²) < 4.78 is 0. The summed E-state index contributed by atoms with van der Waals surface area (Å²) >= 11 is 3.13. The zero-order valence-electron chi connectivity index (χ0n) is 10.7. The molecule has 3 heteroatoms. The SMILES string of the molecule is OC[C@H](O)C#CC#CCCCC/C=C\C#C/C=C/Br. The van der Waals surface area contributed by atoms with E-state index in [1.807, 2.05) is 12.2 Å². The van der Waals surface area contributed by atoms with E-state index in [2.05, 4.69) is 51.5 Å². The summed E-state index contributed by atoms with van der Waals surface area (Å²) in [7, 11) is 0. The van der Waals surface area contributed by atoms with Crippen LogP contribution in [0.2, 0.25) is 0 Å². The van der Waals surface area contributed by atoms with Crippen molar-refractivity contribution in [2.75, 3.05) is 6.61 Å². The van der Waals surface area contributed by atoms with Gasteiger partial charge in [0.05, 0.1) is 6.61 Å². The van der Waals surface area contributed by atoms with Crippen LogP contribution in [0.4, 0.5) is 0 Å². The molecule has 0 amide bonds. The molecule has 0 unspecified atom stereocenters. The highest BCUT2D eigenvalue weighted by molar-refractivity contribution is 9.11. The average Bonchev–Trinajstić information content (AvgIpc) is 2.43. The smallest absolute Gasteiger partial charge is 0.138 e. The summed E-state index contributed by atoms with van der Waals surface area (Å²) in [6.07, 6.45) is 8.48. The molecule has 0 radical (unpaired) electrons. The molecule has 0 aliphatic rings. The standard InChI is InChI=1S/C16H17BrO2/c17-14-12-10-8-6-4-2-1-3-5-7-9-11-13-16(19)15-18/h4,6,12,14,16,18-19H,1-3,5,15H2/b6-4-,14-12+/t16-/m1/s1. The van der Waals surface area contributed by atoms with Gasteiger partial charge in [0, 0.05) is 6.42 Å². The molecule has 0 aromatic rings. The third-order valence-corrected chi connectivity index (χ3v) is 2.18. The molecule has 0 saturated carbocycles. The first-order valence-electron chi connectivity index (χ1n) is 6.00. The first-order valence-corrected chi connectivity index (χ1v) is 6.91. The van der Waals surface area contributed by atoms with Crippen molar-refractivity contribution in [3.05, 3.63) is 23.2 Å².